The summed E-state index contributed by atoms with van der Waals surface area (Å²) in [5.41, 5.74) is 1.45. The highest BCUT2D eigenvalue weighted by Crippen LogP contribution is 2.23. The van der Waals surface area contributed by atoms with E-state index in [9.17, 15) is 8.42 Å². The van der Waals surface area contributed by atoms with Crippen LogP contribution in [-0.2, 0) is 16.6 Å². The molecule has 1 aromatic heterocycles. The van der Waals surface area contributed by atoms with E-state index in [0.717, 1.165) is 5.56 Å². The summed E-state index contributed by atoms with van der Waals surface area (Å²) in [7, 11) is -3.37. The summed E-state index contributed by atoms with van der Waals surface area (Å²) in [6, 6.07) is 10.5. The molecule has 0 aliphatic heterocycles. The van der Waals surface area contributed by atoms with E-state index in [0.29, 0.717) is 17.1 Å². The quantitative estimate of drug-likeness (QED) is 0.817. The molecule has 4 nitrogen and oxygen atoms in total. The number of hydrogen-bond donors (Lipinski definition) is 0. The highest BCUT2D eigenvalue weighted by Gasteiger charge is 2.22. The summed E-state index contributed by atoms with van der Waals surface area (Å²) < 4.78 is 26.4. The molecular weight excluding hydrogens is 308 g/mol. The fourth-order valence-electron chi connectivity index (χ4n) is 1.98. The highest BCUT2D eigenvalue weighted by atomic mass is 35.5. The molecule has 0 bridgehead atoms. The molecule has 6 heteroatoms. The van der Waals surface area contributed by atoms with E-state index >= 15 is 0 Å². The Balaban J connectivity index is 2.37. The maximum absolute atomic E-state index is 12.5. The molecule has 0 fully saturated rings. The Morgan fingerprint density at radius 3 is 2.48 bits per heavy atom. The van der Waals surface area contributed by atoms with Crippen molar-refractivity contribution in [1.82, 2.24) is 4.98 Å². The molecule has 0 atom stereocenters. The lowest BCUT2D eigenvalue weighted by Gasteiger charge is -2.24. The van der Waals surface area contributed by atoms with E-state index in [1.54, 1.807) is 42.7 Å². The van der Waals surface area contributed by atoms with Gasteiger partial charge in [-0.15, -0.1) is 0 Å². The average molecular weight is 325 g/mol. The second-order valence-corrected chi connectivity index (χ2v) is 7.11. The molecule has 112 valence electrons. The summed E-state index contributed by atoms with van der Waals surface area (Å²) in [6.45, 7) is 2.11. The molecule has 1 heterocycles. The van der Waals surface area contributed by atoms with Crippen LogP contribution in [0.1, 0.15) is 18.9 Å². The lowest BCUT2D eigenvalue weighted by molar-refractivity contribution is 0.589. The van der Waals surface area contributed by atoms with Crippen molar-refractivity contribution < 1.29 is 8.42 Å². The minimum atomic E-state index is -3.37. The van der Waals surface area contributed by atoms with E-state index in [1.165, 1.54) is 4.31 Å². The second-order valence-electron chi connectivity index (χ2n) is 4.66. The summed E-state index contributed by atoms with van der Waals surface area (Å²) in [5, 5.41) is 0.577. The van der Waals surface area contributed by atoms with Crippen LogP contribution in [0.15, 0.2) is 48.8 Å². The van der Waals surface area contributed by atoms with Crippen LogP contribution in [0.4, 0.5) is 5.69 Å². The molecule has 0 unspecified atom stereocenters. The SMILES string of the molecule is CCCS(=O)(=O)N(Cc1cccnc1)c1ccc(Cl)cc1. The largest absolute Gasteiger partial charge is 0.266 e. The summed E-state index contributed by atoms with van der Waals surface area (Å²) in [6.07, 6.45) is 3.90. The first-order valence-corrected chi connectivity index (χ1v) is 8.66. The zero-order valence-electron chi connectivity index (χ0n) is 11.7. The topological polar surface area (TPSA) is 50.3 Å². The van der Waals surface area contributed by atoms with E-state index in [-0.39, 0.29) is 12.3 Å². The third kappa shape index (κ3) is 4.19. The first kappa shape index (κ1) is 15.8. The fraction of sp³-hybridized carbons (Fsp3) is 0.267. The van der Waals surface area contributed by atoms with Crippen LogP contribution >= 0.6 is 11.6 Å². The van der Waals surface area contributed by atoms with Crippen LogP contribution in [0.25, 0.3) is 0 Å². The van der Waals surface area contributed by atoms with E-state index in [4.69, 9.17) is 11.6 Å². The van der Waals surface area contributed by atoms with Gasteiger partial charge < -0.3 is 0 Å². The molecule has 0 saturated carbocycles. The van der Waals surface area contributed by atoms with E-state index < -0.39 is 10.0 Å². The van der Waals surface area contributed by atoms with Gasteiger partial charge >= 0.3 is 0 Å². The van der Waals surface area contributed by atoms with E-state index in [2.05, 4.69) is 4.98 Å². The van der Waals surface area contributed by atoms with Gasteiger partial charge in [-0.25, -0.2) is 8.42 Å². The van der Waals surface area contributed by atoms with Gasteiger partial charge in [0.05, 0.1) is 18.0 Å². The van der Waals surface area contributed by atoms with Crippen molar-refractivity contribution in [2.45, 2.75) is 19.9 Å². The van der Waals surface area contributed by atoms with Gasteiger partial charge in [-0.1, -0.05) is 24.6 Å². The van der Waals surface area contributed by atoms with Gasteiger partial charge in [0.2, 0.25) is 10.0 Å². The number of sulfonamides is 1. The Labute approximate surface area is 130 Å². The molecule has 0 N–H and O–H groups in total. The van der Waals surface area contributed by atoms with Gasteiger partial charge in [0.1, 0.15) is 0 Å². The molecule has 0 spiro atoms. The Kier molecular flexibility index (Phi) is 5.20. The zero-order chi connectivity index (χ0) is 15.3. The Bertz CT molecular complexity index is 673. The van der Waals surface area contributed by atoms with Crippen LogP contribution in [0.3, 0.4) is 0 Å². The minimum Gasteiger partial charge on any atom is -0.266 e. The molecule has 0 aliphatic rings. The normalized spacial score (nSPS) is 11.3. The third-order valence-corrected chi connectivity index (χ3v) is 5.15. The molecule has 0 radical (unpaired) electrons. The molecule has 0 aliphatic carbocycles. The number of hydrogen-bond acceptors (Lipinski definition) is 3. The fourth-order valence-corrected chi connectivity index (χ4v) is 3.63. The molecule has 2 aromatic rings. The predicted molar refractivity (Wildman–Crippen MR) is 85.9 cm³/mol. The Morgan fingerprint density at radius 2 is 1.90 bits per heavy atom. The van der Waals surface area contributed by atoms with Gasteiger partial charge in [0.15, 0.2) is 0 Å². The Morgan fingerprint density at radius 1 is 1.19 bits per heavy atom. The molecule has 2 rings (SSSR count). The monoisotopic (exact) mass is 324 g/mol. The maximum atomic E-state index is 12.5. The van der Waals surface area contributed by atoms with Crippen molar-refractivity contribution in [3.8, 4) is 0 Å². The number of benzene rings is 1. The van der Waals surface area contributed by atoms with E-state index in [1.807, 2.05) is 13.0 Å². The zero-order valence-corrected chi connectivity index (χ0v) is 13.3. The van der Waals surface area contributed by atoms with Crippen molar-refractivity contribution in [2.75, 3.05) is 10.1 Å². The minimum absolute atomic E-state index is 0.107. The number of aromatic nitrogens is 1. The summed E-state index contributed by atoms with van der Waals surface area (Å²) in [4.78, 5) is 4.03. The van der Waals surface area contributed by atoms with Crippen molar-refractivity contribution >= 4 is 27.3 Å². The highest BCUT2D eigenvalue weighted by molar-refractivity contribution is 7.92. The van der Waals surface area contributed by atoms with Gasteiger partial charge in [0, 0.05) is 17.4 Å². The summed E-state index contributed by atoms with van der Waals surface area (Å²) in [5.74, 6) is 0.107. The van der Waals surface area contributed by atoms with Crippen LogP contribution in [0, 0.1) is 0 Å². The molecule has 0 amide bonds. The molecule has 21 heavy (non-hydrogen) atoms. The number of anilines is 1. The van der Waals surface area contributed by atoms with Crippen molar-refractivity contribution in [3.05, 3.63) is 59.4 Å². The molecule has 0 saturated heterocycles. The summed E-state index contributed by atoms with van der Waals surface area (Å²) >= 11 is 5.87. The third-order valence-electron chi connectivity index (χ3n) is 2.96. The van der Waals surface area contributed by atoms with Crippen molar-refractivity contribution in [2.24, 2.45) is 0 Å². The van der Waals surface area contributed by atoms with Crippen LogP contribution in [-0.4, -0.2) is 19.2 Å². The van der Waals surface area contributed by atoms with Gasteiger partial charge in [0.25, 0.3) is 0 Å². The number of pyridine rings is 1. The van der Waals surface area contributed by atoms with Crippen LogP contribution in [0.2, 0.25) is 5.02 Å². The second kappa shape index (κ2) is 6.91. The molecule has 1 aromatic carbocycles. The lowest BCUT2D eigenvalue weighted by atomic mass is 10.2. The van der Waals surface area contributed by atoms with Gasteiger partial charge in [-0.3, -0.25) is 9.29 Å². The first-order valence-electron chi connectivity index (χ1n) is 6.68. The van der Waals surface area contributed by atoms with Crippen LogP contribution in [0.5, 0.6) is 0 Å². The Hall–Kier alpha value is -1.59. The predicted octanol–water partition coefficient (Wildman–Crippen LogP) is 3.48. The van der Waals surface area contributed by atoms with Crippen molar-refractivity contribution in [1.29, 1.82) is 0 Å². The standard InChI is InChI=1S/C15H17ClN2O2S/c1-2-10-21(19,20)18(12-13-4-3-9-17-11-13)15-7-5-14(16)6-8-15/h3-9,11H,2,10,12H2,1H3. The smallest absolute Gasteiger partial charge is 0.235 e. The molecular formula is C15H17ClN2O2S. The van der Waals surface area contributed by atoms with Crippen LogP contribution < -0.4 is 4.31 Å². The number of nitrogens with zero attached hydrogens (tertiary/aromatic N) is 2. The average Bonchev–Trinajstić information content (AvgIpc) is 2.47. The van der Waals surface area contributed by atoms with Gasteiger partial charge in [-0.05, 0) is 42.3 Å². The van der Waals surface area contributed by atoms with Crippen molar-refractivity contribution in [3.63, 3.8) is 0 Å². The lowest BCUT2D eigenvalue weighted by Crippen LogP contribution is -2.32. The maximum Gasteiger partial charge on any atom is 0.235 e. The number of rotatable bonds is 6. The first-order chi connectivity index (χ1) is 10.0. The van der Waals surface area contributed by atoms with Gasteiger partial charge in [-0.2, -0.15) is 0 Å². The number of halogens is 1.